The van der Waals surface area contributed by atoms with Gasteiger partial charge in [0.05, 0.1) is 26.4 Å². The Morgan fingerprint density at radius 2 is 0.430 bits per heavy atom. The van der Waals surface area contributed by atoms with Gasteiger partial charge < -0.3 is 33.8 Å². The predicted molar refractivity (Wildman–Crippen MR) is 442 cm³/mol. The molecule has 0 aliphatic carbocycles. The quantitative estimate of drug-likeness (QED) is 0.0222. The largest absolute Gasteiger partial charge is 0.472 e. The summed E-state index contributed by atoms with van der Waals surface area (Å²) in [6, 6.07) is 0. The van der Waals surface area contributed by atoms with E-state index in [0.29, 0.717) is 25.7 Å². The topological polar surface area (TPSA) is 237 Å². The highest BCUT2D eigenvalue weighted by molar-refractivity contribution is 7.47. The zero-order chi connectivity index (χ0) is 78.3. The number of unbranched alkanes of at least 4 members (excludes halogenated alkanes) is 60. The highest BCUT2D eigenvalue weighted by Gasteiger charge is 2.30. The van der Waals surface area contributed by atoms with Crippen LogP contribution in [0.5, 0.6) is 0 Å². The third kappa shape index (κ3) is 81.9. The molecule has 636 valence electrons. The molecule has 3 N–H and O–H groups in total. The zero-order valence-electron chi connectivity index (χ0n) is 70.3. The Morgan fingerprint density at radius 3 is 0.636 bits per heavy atom. The van der Waals surface area contributed by atoms with Crippen molar-refractivity contribution in [3.05, 3.63) is 0 Å². The Bertz CT molecular complexity index is 2030. The molecule has 0 aromatic carbocycles. The molecule has 107 heavy (non-hydrogen) atoms. The molecule has 0 aromatic rings. The standard InChI is InChI=1S/C88H172O17P2/c1-6-9-12-15-18-21-24-26-28-30-32-33-34-36-38-40-44-48-53-58-63-68-73-87(92)105-84(78-99-86(91)72-67-62-57-52-47-43-39-37-35-31-29-27-25-22-19-16-13-10-7-2)80-103-107(96,97)101-76-82(89)75-100-106(94,95)102-79-83(77-98-85(90)71-66-61-56-51-23-20-17-14-11-8-3)104-88(93)74-69-64-59-54-49-45-41-42-46-50-55-60-65-70-81(4)5/h81-84,89H,6-80H2,1-5H3,(H,94,95)(H,96,97)/t82-,83+,84+/m0/s1. The Kier molecular flexibility index (Phi) is 79.2. The number of esters is 4. The minimum atomic E-state index is -4.97. The number of rotatable bonds is 88. The third-order valence-corrected chi connectivity index (χ3v) is 22.7. The predicted octanol–water partition coefficient (Wildman–Crippen LogP) is 27.2. The fourth-order valence-corrected chi connectivity index (χ4v) is 15.4. The molecule has 5 atom stereocenters. The first-order chi connectivity index (χ1) is 52.0. The van der Waals surface area contributed by atoms with Gasteiger partial charge in [-0.3, -0.25) is 37.3 Å². The Balaban J connectivity index is 5.21. The first-order valence-corrected chi connectivity index (χ1v) is 48.6. The second kappa shape index (κ2) is 80.7. The third-order valence-electron chi connectivity index (χ3n) is 20.8. The van der Waals surface area contributed by atoms with Gasteiger partial charge in [0.25, 0.3) is 0 Å². The van der Waals surface area contributed by atoms with Crippen molar-refractivity contribution in [1.29, 1.82) is 0 Å². The van der Waals surface area contributed by atoms with Gasteiger partial charge in [-0.05, 0) is 31.6 Å². The molecular formula is C88H172O17P2. The molecule has 0 spiro atoms. The van der Waals surface area contributed by atoms with Gasteiger partial charge in [0.2, 0.25) is 0 Å². The Hall–Kier alpha value is -1.94. The fraction of sp³-hybridized carbons (Fsp3) is 0.955. The number of phosphoric acid groups is 2. The molecule has 0 bridgehead atoms. The van der Waals surface area contributed by atoms with Crippen LogP contribution >= 0.6 is 15.6 Å². The van der Waals surface area contributed by atoms with Gasteiger partial charge in [0.15, 0.2) is 12.2 Å². The van der Waals surface area contributed by atoms with Crippen LogP contribution in [0.1, 0.15) is 478 Å². The molecule has 0 amide bonds. The number of carbonyl (C=O) groups excluding carboxylic acids is 4. The van der Waals surface area contributed by atoms with E-state index in [1.54, 1.807) is 0 Å². The lowest BCUT2D eigenvalue weighted by Gasteiger charge is -2.21. The van der Waals surface area contributed by atoms with E-state index in [2.05, 4.69) is 34.6 Å². The molecule has 0 saturated heterocycles. The first kappa shape index (κ1) is 105. The smallest absolute Gasteiger partial charge is 0.462 e. The van der Waals surface area contributed by atoms with Crippen molar-refractivity contribution in [2.24, 2.45) is 5.92 Å². The number of phosphoric ester groups is 2. The molecule has 0 fully saturated rings. The molecule has 0 rings (SSSR count). The minimum absolute atomic E-state index is 0.108. The molecular weight excluding hydrogens is 1390 g/mol. The van der Waals surface area contributed by atoms with Gasteiger partial charge in [-0.2, -0.15) is 0 Å². The van der Waals surface area contributed by atoms with Crippen molar-refractivity contribution >= 4 is 39.5 Å². The minimum Gasteiger partial charge on any atom is -0.462 e. The zero-order valence-corrected chi connectivity index (χ0v) is 72.1. The van der Waals surface area contributed by atoms with Crippen molar-refractivity contribution in [2.75, 3.05) is 39.6 Å². The summed E-state index contributed by atoms with van der Waals surface area (Å²) in [5, 5.41) is 10.7. The summed E-state index contributed by atoms with van der Waals surface area (Å²) in [7, 11) is -9.93. The van der Waals surface area contributed by atoms with Crippen molar-refractivity contribution in [2.45, 2.75) is 496 Å². The molecule has 0 saturated carbocycles. The molecule has 0 radical (unpaired) electrons. The maximum Gasteiger partial charge on any atom is 0.472 e. The second-order valence-corrected chi connectivity index (χ2v) is 35.0. The van der Waals surface area contributed by atoms with Crippen LogP contribution in [0.2, 0.25) is 0 Å². The van der Waals surface area contributed by atoms with E-state index in [9.17, 15) is 43.2 Å². The van der Waals surface area contributed by atoms with E-state index in [4.69, 9.17) is 37.0 Å². The van der Waals surface area contributed by atoms with Crippen LogP contribution < -0.4 is 0 Å². The lowest BCUT2D eigenvalue weighted by Crippen LogP contribution is -2.30. The number of hydrogen-bond acceptors (Lipinski definition) is 15. The summed E-state index contributed by atoms with van der Waals surface area (Å²) < 4.78 is 68.9. The van der Waals surface area contributed by atoms with E-state index in [1.807, 2.05) is 0 Å². The van der Waals surface area contributed by atoms with Crippen molar-refractivity contribution < 1.29 is 80.2 Å². The van der Waals surface area contributed by atoms with E-state index in [-0.39, 0.29) is 25.7 Å². The van der Waals surface area contributed by atoms with Crippen molar-refractivity contribution in [3.63, 3.8) is 0 Å². The van der Waals surface area contributed by atoms with E-state index in [1.165, 1.54) is 302 Å². The lowest BCUT2D eigenvalue weighted by atomic mass is 10.0. The van der Waals surface area contributed by atoms with Crippen LogP contribution in [0.25, 0.3) is 0 Å². The number of aliphatic hydroxyl groups is 1. The summed E-state index contributed by atoms with van der Waals surface area (Å²) in [5.41, 5.74) is 0. The lowest BCUT2D eigenvalue weighted by molar-refractivity contribution is -0.161. The van der Waals surface area contributed by atoms with E-state index < -0.39 is 97.5 Å². The maximum absolute atomic E-state index is 13.2. The average Bonchev–Trinajstić information content (AvgIpc) is 0.904. The molecule has 17 nitrogen and oxygen atoms in total. The van der Waals surface area contributed by atoms with Crippen LogP contribution in [0.4, 0.5) is 0 Å². The monoisotopic (exact) mass is 1560 g/mol. The molecule has 19 heteroatoms. The van der Waals surface area contributed by atoms with Gasteiger partial charge >= 0.3 is 39.5 Å². The maximum atomic E-state index is 13.2. The van der Waals surface area contributed by atoms with Crippen molar-refractivity contribution in [3.8, 4) is 0 Å². The number of ether oxygens (including phenoxy) is 4. The number of hydrogen-bond donors (Lipinski definition) is 3. The molecule has 0 aliphatic rings. The van der Waals surface area contributed by atoms with E-state index in [0.717, 1.165) is 95.8 Å². The summed E-state index contributed by atoms with van der Waals surface area (Å²) in [6.45, 7) is 7.38. The average molecular weight is 1560 g/mol. The Morgan fingerprint density at radius 1 is 0.252 bits per heavy atom. The Labute approximate surface area is 658 Å². The number of aliphatic hydroxyl groups excluding tert-OH is 1. The molecule has 0 aliphatic heterocycles. The highest BCUT2D eigenvalue weighted by atomic mass is 31.2. The molecule has 0 heterocycles. The van der Waals surface area contributed by atoms with Gasteiger partial charge in [0.1, 0.15) is 19.3 Å². The van der Waals surface area contributed by atoms with Gasteiger partial charge in [-0.1, -0.05) is 426 Å². The van der Waals surface area contributed by atoms with Crippen LogP contribution in [0.15, 0.2) is 0 Å². The van der Waals surface area contributed by atoms with Gasteiger partial charge in [-0.25, -0.2) is 9.13 Å². The summed E-state index contributed by atoms with van der Waals surface area (Å²) in [6.07, 6.45) is 75.1. The first-order valence-electron chi connectivity index (χ1n) is 45.6. The fourth-order valence-electron chi connectivity index (χ4n) is 13.8. The number of carbonyl (C=O) groups is 4. The second-order valence-electron chi connectivity index (χ2n) is 32.1. The SMILES string of the molecule is CCCCCCCCCCCCCCCCCCCCCCCCC(=O)O[C@H](COC(=O)CCCCCCCCCCCCCCCCCCCCC)COP(=O)(O)OC[C@@H](O)COP(=O)(O)OC[C@@H](COC(=O)CCCCCCCCCCCC)OC(=O)CCCCCCCCCCCCCCCC(C)C. The normalized spacial score (nSPS) is 13.7. The van der Waals surface area contributed by atoms with Crippen LogP contribution in [0, 0.1) is 5.92 Å². The molecule has 0 aromatic heterocycles. The van der Waals surface area contributed by atoms with Gasteiger partial charge in [0, 0.05) is 25.7 Å². The van der Waals surface area contributed by atoms with Gasteiger partial charge in [-0.15, -0.1) is 0 Å². The van der Waals surface area contributed by atoms with Crippen LogP contribution in [-0.4, -0.2) is 96.7 Å². The summed E-state index contributed by atoms with van der Waals surface area (Å²) >= 11 is 0. The summed E-state index contributed by atoms with van der Waals surface area (Å²) in [5.74, 6) is -1.31. The summed E-state index contributed by atoms with van der Waals surface area (Å²) in [4.78, 5) is 73.3. The highest BCUT2D eigenvalue weighted by Crippen LogP contribution is 2.45. The van der Waals surface area contributed by atoms with Crippen LogP contribution in [0.3, 0.4) is 0 Å². The molecule has 2 unspecified atom stereocenters. The van der Waals surface area contributed by atoms with Crippen molar-refractivity contribution in [1.82, 2.24) is 0 Å². The van der Waals surface area contributed by atoms with E-state index >= 15 is 0 Å². The van der Waals surface area contributed by atoms with Crippen LogP contribution in [-0.2, 0) is 65.4 Å².